The zero-order chi connectivity index (χ0) is 13.8. The minimum atomic E-state index is -0.544. The standard InChI is InChI=1S/C12H13FN4O2/c1-7-16-11(19-17-7)4-5-15-12(18)8-2-3-9(13)10(14)6-8/h2-3,6H,4-5,14H2,1H3,(H,15,18). The first-order chi connectivity index (χ1) is 9.06. The van der Waals surface area contributed by atoms with Gasteiger partial charge < -0.3 is 15.6 Å². The largest absolute Gasteiger partial charge is 0.396 e. The fraction of sp³-hybridized carbons (Fsp3) is 0.250. The third kappa shape index (κ3) is 3.27. The van der Waals surface area contributed by atoms with Crippen molar-refractivity contribution in [1.29, 1.82) is 0 Å². The molecule has 1 aromatic carbocycles. The maximum absolute atomic E-state index is 13.0. The van der Waals surface area contributed by atoms with Gasteiger partial charge in [-0.15, -0.1) is 0 Å². The molecule has 0 aliphatic heterocycles. The Hall–Kier alpha value is -2.44. The molecule has 0 atom stereocenters. The van der Waals surface area contributed by atoms with Crippen LogP contribution in [0.3, 0.4) is 0 Å². The van der Waals surface area contributed by atoms with Crippen LogP contribution >= 0.6 is 0 Å². The fourth-order valence-corrected chi connectivity index (χ4v) is 1.51. The lowest BCUT2D eigenvalue weighted by Crippen LogP contribution is -2.25. The second-order valence-electron chi connectivity index (χ2n) is 3.98. The highest BCUT2D eigenvalue weighted by Crippen LogP contribution is 2.11. The van der Waals surface area contributed by atoms with Crippen LogP contribution in [0.2, 0.25) is 0 Å². The van der Waals surface area contributed by atoms with Crippen molar-refractivity contribution >= 4 is 11.6 Å². The van der Waals surface area contributed by atoms with Crippen molar-refractivity contribution in [1.82, 2.24) is 15.5 Å². The monoisotopic (exact) mass is 264 g/mol. The van der Waals surface area contributed by atoms with Crippen LogP contribution in [0, 0.1) is 12.7 Å². The van der Waals surface area contributed by atoms with Gasteiger partial charge in [-0.05, 0) is 25.1 Å². The van der Waals surface area contributed by atoms with Crippen LogP contribution < -0.4 is 11.1 Å². The van der Waals surface area contributed by atoms with Gasteiger partial charge >= 0.3 is 0 Å². The van der Waals surface area contributed by atoms with E-state index in [1.807, 2.05) is 0 Å². The number of anilines is 1. The SMILES string of the molecule is Cc1noc(CCNC(=O)c2ccc(F)c(N)c2)n1. The van der Waals surface area contributed by atoms with Gasteiger partial charge in [0.05, 0.1) is 5.69 Å². The molecule has 0 saturated heterocycles. The minimum absolute atomic E-state index is 0.0554. The molecule has 1 heterocycles. The average Bonchev–Trinajstić information content (AvgIpc) is 2.78. The molecular formula is C12H13FN4O2. The number of aromatic nitrogens is 2. The first-order valence-electron chi connectivity index (χ1n) is 5.68. The molecule has 0 bridgehead atoms. The van der Waals surface area contributed by atoms with Gasteiger partial charge in [0.15, 0.2) is 5.82 Å². The molecule has 0 radical (unpaired) electrons. The number of amides is 1. The van der Waals surface area contributed by atoms with Crippen LogP contribution in [0.25, 0.3) is 0 Å². The molecule has 100 valence electrons. The lowest BCUT2D eigenvalue weighted by molar-refractivity contribution is 0.0953. The third-order valence-corrected chi connectivity index (χ3v) is 2.45. The average molecular weight is 264 g/mol. The number of benzene rings is 1. The summed E-state index contributed by atoms with van der Waals surface area (Å²) >= 11 is 0. The van der Waals surface area contributed by atoms with E-state index in [0.29, 0.717) is 30.2 Å². The van der Waals surface area contributed by atoms with Gasteiger partial charge in [0.25, 0.3) is 5.91 Å². The number of halogens is 1. The van der Waals surface area contributed by atoms with Crippen LogP contribution in [0.4, 0.5) is 10.1 Å². The van der Waals surface area contributed by atoms with Crippen LogP contribution in [0.15, 0.2) is 22.7 Å². The Morgan fingerprint density at radius 2 is 2.32 bits per heavy atom. The maximum atomic E-state index is 13.0. The van der Waals surface area contributed by atoms with E-state index in [0.717, 1.165) is 6.07 Å². The molecule has 0 fully saturated rings. The second kappa shape index (κ2) is 5.47. The molecule has 6 nitrogen and oxygen atoms in total. The summed E-state index contributed by atoms with van der Waals surface area (Å²) < 4.78 is 17.9. The molecule has 1 aromatic heterocycles. The van der Waals surface area contributed by atoms with Crippen molar-refractivity contribution in [2.45, 2.75) is 13.3 Å². The number of aryl methyl sites for hydroxylation is 1. The lowest BCUT2D eigenvalue weighted by atomic mass is 10.2. The Labute approximate surface area is 108 Å². The summed E-state index contributed by atoms with van der Waals surface area (Å²) in [6.45, 7) is 2.06. The summed E-state index contributed by atoms with van der Waals surface area (Å²) in [5.41, 5.74) is 5.64. The molecule has 2 aromatic rings. The molecule has 7 heteroatoms. The molecular weight excluding hydrogens is 251 g/mol. The molecule has 0 aliphatic carbocycles. The zero-order valence-corrected chi connectivity index (χ0v) is 10.3. The van der Waals surface area contributed by atoms with E-state index in [9.17, 15) is 9.18 Å². The number of rotatable bonds is 4. The Bertz CT molecular complexity index is 597. The summed E-state index contributed by atoms with van der Waals surface area (Å²) in [6.07, 6.45) is 0.434. The van der Waals surface area contributed by atoms with E-state index in [-0.39, 0.29) is 11.6 Å². The highest BCUT2D eigenvalue weighted by atomic mass is 19.1. The molecule has 19 heavy (non-hydrogen) atoms. The van der Waals surface area contributed by atoms with Crippen LogP contribution in [0.1, 0.15) is 22.1 Å². The Morgan fingerprint density at radius 1 is 1.53 bits per heavy atom. The van der Waals surface area contributed by atoms with E-state index in [4.69, 9.17) is 10.3 Å². The summed E-state index contributed by atoms with van der Waals surface area (Å²) in [6, 6.07) is 3.82. The number of hydrogen-bond acceptors (Lipinski definition) is 5. The van der Waals surface area contributed by atoms with E-state index >= 15 is 0 Å². The van der Waals surface area contributed by atoms with Crippen LogP contribution in [-0.2, 0) is 6.42 Å². The Morgan fingerprint density at radius 3 is 2.95 bits per heavy atom. The minimum Gasteiger partial charge on any atom is -0.396 e. The lowest BCUT2D eigenvalue weighted by Gasteiger charge is -2.04. The number of nitrogens with two attached hydrogens (primary N) is 1. The van der Waals surface area contributed by atoms with Gasteiger partial charge in [0.2, 0.25) is 5.89 Å². The Balaban J connectivity index is 1.89. The summed E-state index contributed by atoms with van der Waals surface area (Å²) in [5, 5.41) is 6.30. The predicted molar refractivity (Wildman–Crippen MR) is 65.9 cm³/mol. The van der Waals surface area contributed by atoms with Gasteiger partial charge in [-0.1, -0.05) is 5.16 Å². The quantitative estimate of drug-likeness (QED) is 0.805. The summed E-state index contributed by atoms with van der Waals surface area (Å²) in [5.74, 6) is 0.130. The van der Waals surface area contributed by atoms with Gasteiger partial charge in [0, 0.05) is 18.5 Å². The van der Waals surface area contributed by atoms with Gasteiger partial charge in [-0.25, -0.2) is 4.39 Å². The molecule has 0 spiro atoms. The van der Waals surface area contributed by atoms with Crippen LogP contribution in [-0.4, -0.2) is 22.6 Å². The van der Waals surface area contributed by atoms with Crippen molar-refractivity contribution < 1.29 is 13.7 Å². The topological polar surface area (TPSA) is 94.0 Å². The van der Waals surface area contributed by atoms with Crippen molar-refractivity contribution in [2.24, 2.45) is 0 Å². The first-order valence-corrected chi connectivity index (χ1v) is 5.68. The molecule has 0 saturated carbocycles. The predicted octanol–water partition coefficient (Wildman–Crippen LogP) is 1.07. The van der Waals surface area contributed by atoms with E-state index in [1.54, 1.807) is 6.92 Å². The van der Waals surface area contributed by atoms with Crippen molar-refractivity contribution in [3.8, 4) is 0 Å². The molecule has 2 rings (SSSR count). The highest BCUT2D eigenvalue weighted by Gasteiger charge is 2.09. The van der Waals surface area contributed by atoms with Gasteiger partial charge in [-0.2, -0.15) is 4.98 Å². The van der Waals surface area contributed by atoms with E-state index in [2.05, 4.69) is 15.5 Å². The van der Waals surface area contributed by atoms with Crippen molar-refractivity contribution in [3.63, 3.8) is 0 Å². The fourth-order valence-electron chi connectivity index (χ4n) is 1.51. The van der Waals surface area contributed by atoms with Gasteiger partial charge in [0.1, 0.15) is 5.82 Å². The zero-order valence-electron chi connectivity index (χ0n) is 10.3. The number of hydrogen-bond donors (Lipinski definition) is 2. The van der Waals surface area contributed by atoms with E-state index < -0.39 is 5.82 Å². The number of nitrogens with one attached hydrogen (secondary N) is 1. The highest BCUT2D eigenvalue weighted by molar-refractivity contribution is 5.95. The van der Waals surface area contributed by atoms with Gasteiger partial charge in [-0.3, -0.25) is 4.79 Å². The first kappa shape index (κ1) is 13.0. The van der Waals surface area contributed by atoms with Crippen molar-refractivity contribution in [3.05, 3.63) is 41.3 Å². The van der Waals surface area contributed by atoms with E-state index in [1.165, 1.54) is 12.1 Å². The Kier molecular flexibility index (Phi) is 3.74. The molecule has 0 aliphatic rings. The molecule has 0 unspecified atom stereocenters. The maximum Gasteiger partial charge on any atom is 0.251 e. The smallest absolute Gasteiger partial charge is 0.251 e. The van der Waals surface area contributed by atoms with Crippen LogP contribution in [0.5, 0.6) is 0 Å². The number of nitrogens with zero attached hydrogens (tertiary/aromatic N) is 2. The molecule has 1 amide bonds. The second-order valence-corrected chi connectivity index (χ2v) is 3.98. The summed E-state index contributed by atoms with van der Waals surface area (Å²) in [7, 11) is 0. The number of carbonyl (C=O) groups is 1. The number of carbonyl (C=O) groups excluding carboxylic acids is 1. The third-order valence-electron chi connectivity index (χ3n) is 2.45. The number of nitrogen functional groups attached to an aromatic ring is 1. The normalized spacial score (nSPS) is 10.4. The molecule has 3 N–H and O–H groups in total. The summed E-state index contributed by atoms with van der Waals surface area (Å²) in [4.78, 5) is 15.8. The van der Waals surface area contributed by atoms with Crippen molar-refractivity contribution in [2.75, 3.05) is 12.3 Å².